The smallest absolute Gasteiger partial charge is 0.227 e. The summed E-state index contributed by atoms with van der Waals surface area (Å²) in [6.07, 6.45) is 3.61. The Morgan fingerprint density at radius 3 is 2.78 bits per heavy atom. The molecule has 0 saturated carbocycles. The lowest BCUT2D eigenvalue weighted by Gasteiger charge is -2.07. The molecule has 2 aromatic heterocycles. The molecule has 2 heterocycles. The molecule has 1 N–H and O–H groups in total. The molecule has 2 aromatic carbocycles. The third-order valence-electron chi connectivity index (χ3n) is 5.25. The fraction of sp³-hybridized carbons (Fsp3) is 0.292. The average Bonchev–Trinajstić information content (AvgIpc) is 3.47. The van der Waals surface area contributed by atoms with Crippen LogP contribution in [0.25, 0.3) is 22.3 Å². The van der Waals surface area contributed by atoms with E-state index in [1.165, 1.54) is 10.9 Å². The number of benzene rings is 2. The van der Waals surface area contributed by atoms with Crippen LogP contribution in [-0.2, 0) is 17.8 Å². The van der Waals surface area contributed by atoms with Gasteiger partial charge in [0.1, 0.15) is 0 Å². The second-order valence-electron chi connectivity index (χ2n) is 7.35. The van der Waals surface area contributed by atoms with E-state index < -0.39 is 0 Å². The largest absolute Gasteiger partial charge is 0.493 e. The average molecular weight is 434 g/mol. The first-order valence-electron chi connectivity index (χ1n) is 10.5. The predicted octanol–water partition coefficient (Wildman–Crippen LogP) is 3.85. The standard InChI is InChI=1S/C24H26N4O4/c1-30-20-9-8-18(16-21(20)31-2)24-26-23(32-27-24)11-10-22(29)25-13-5-14-28-15-12-17-6-3-4-7-19(17)28/h3-4,6-9,12,15-16H,5,10-11,13-14H2,1-2H3,(H,25,29). The van der Waals surface area contributed by atoms with Gasteiger partial charge < -0.3 is 23.9 Å². The highest BCUT2D eigenvalue weighted by Crippen LogP contribution is 2.31. The number of methoxy groups -OCH3 is 2. The lowest BCUT2D eigenvalue weighted by atomic mass is 10.2. The van der Waals surface area contributed by atoms with Crippen LogP contribution in [0, 0.1) is 0 Å². The van der Waals surface area contributed by atoms with Crippen LogP contribution in [0.1, 0.15) is 18.7 Å². The molecular formula is C24H26N4O4. The van der Waals surface area contributed by atoms with Gasteiger partial charge in [-0.2, -0.15) is 4.98 Å². The molecule has 4 aromatic rings. The van der Waals surface area contributed by atoms with Gasteiger partial charge in [-0.3, -0.25) is 4.79 Å². The van der Waals surface area contributed by atoms with Gasteiger partial charge in [0, 0.05) is 43.2 Å². The molecule has 0 bridgehead atoms. The van der Waals surface area contributed by atoms with Crippen molar-refractivity contribution in [3.8, 4) is 22.9 Å². The quantitative estimate of drug-likeness (QED) is 0.381. The first-order valence-corrected chi connectivity index (χ1v) is 10.5. The van der Waals surface area contributed by atoms with Crippen molar-refractivity contribution in [3.63, 3.8) is 0 Å². The number of rotatable bonds is 10. The molecule has 0 unspecified atom stereocenters. The van der Waals surface area contributed by atoms with E-state index >= 15 is 0 Å². The van der Waals surface area contributed by atoms with Gasteiger partial charge in [0.15, 0.2) is 11.5 Å². The number of fused-ring (bicyclic) bond motifs is 1. The van der Waals surface area contributed by atoms with Gasteiger partial charge in [0.25, 0.3) is 0 Å². The maximum atomic E-state index is 12.2. The normalized spacial score (nSPS) is 10.9. The van der Waals surface area contributed by atoms with Gasteiger partial charge in [-0.1, -0.05) is 23.4 Å². The summed E-state index contributed by atoms with van der Waals surface area (Å²) in [5, 5.41) is 8.19. The van der Waals surface area contributed by atoms with Crippen LogP contribution < -0.4 is 14.8 Å². The second kappa shape index (κ2) is 10.00. The summed E-state index contributed by atoms with van der Waals surface area (Å²) in [5.41, 5.74) is 1.96. The highest BCUT2D eigenvalue weighted by molar-refractivity contribution is 5.80. The van der Waals surface area contributed by atoms with E-state index in [0.29, 0.717) is 42.6 Å². The predicted molar refractivity (Wildman–Crippen MR) is 121 cm³/mol. The number of aromatic nitrogens is 3. The molecule has 4 rings (SSSR count). The lowest BCUT2D eigenvalue weighted by Crippen LogP contribution is -2.25. The molecular weight excluding hydrogens is 408 g/mol. The number of hydrogen-bond donors (Lipinski definition) is 1. The topological polar surface area (TPSA) is 91.4 Å². The van der Waals surface area contributed by atoms with Crippen molar-refractivity contribution in [1.29, 1.82) is 0 Å². The minimum absolute atomic E-state index is 0.0340. The minimum Gasteiger partial charge on any atom is -0.493 e. The molecule has 0 fully saturated rings. The molecule has 32 heavy (non-hydrogen) atoms. The fourth-order valence-electron chi connectivity index (χ4n) is 3.57. The number of nitrogens with one attached hydrogen (secondary N) is 1. The van der Waals surface area contributed by atoms with E-state index in [9.17, 15) is 4.79 Å². The zero-order chi connectivity index (χ0) is 22.3. The number of nitrogens with zero attached hydrogens (tertiary/aromatic N) is 3. The number of amides is 1. The molecule has 0 aliphatic carbocycles. The Bertz CT molecular complexity index is 1200. The molecule has 0 spiro atoms. The summed E-state index contributed by atoms with van der Waals surface area (Å²) in [6, 6.07) is 15.8. The van der Waals surface area contributed by atoms with Gasteiger partial charge in [-0.05, 0) is 42.1 Å². The molecule has 0 radical (unpaired) electrons. The van der Waals surface area contributed by atoms with Gasteiger partial charge in [-0.15, -0.1) is 0 Å². The van der Waals surface area contributed by atoms with E-state index in [-0.39, 0.29) is 5.91 Å². The maximum Gasteiger partial charge on any atom is 0.227 e. The Balaban J connectivity index is 1.23. The van der Waals surface area contributed by atoms with Gasteiger partial charge in [0.05, 0.1) is 14.2 Å². The number of aryl methyl sites for hydroxylation is 2. The van der Waals surface area contributed by atoms with E-state index in [4.69, 9.17) is 14.0 Å². The zero-order valence-corrected chi connectivity index (χ0v) is 18.2. The van der Waals surface area contributed by atoms with Crippen molar-refractivity contribution < 1.29 is 18.8 Å². The number of carbonyl (C=O) groups excluding carboxylic acids is 1. The Labute approximate surface area is 186 Å². The summed E-state index contributed by atoms with van der Waals surface area (Å²) in [7, 11) is 3.15. The second-order valence-corrected chi connectivity index (χ2v) is 7.35. The lowest BCUT2D eigenvalue weighted by molar-refractivity contribution is -0.121. The molecule has 0 aliphatic heterocycles. The van der Waals surface area contributed by atoms with Crippen molar-refractivity contribution >= 4 is 16.8 Å². The number of hydrogen-bond acceptors (Lipinski definition) is 6. The van der Waals surface area contributed by atoms with E-state index in [2.05, 4.69) is 44.4 Å². The Kier molecular flexibility index (Phi) is 6.69. The van der Waals surface area contributed by atoms with Crippen LogP contribution in [-0.4, -0.2) is 41.4 Å². The van der Waals surface area contributed by atoms with Gasteiger partial charge in [-0.25, -0.2) is 0 Å². The van der Waals surface area contributed by atoms with E-state index in [1.807, 2.05) is 18.2 Å². The third kappa shape index (κ3) is 4.91. The van der Waals surface area contributed by atoms with Crippen LogP contribution in [0.15, 0.2) is 59.3 Å². The van der Waals surface area contributed by atoms with Gasteiger partial charge in [0.2, 0.25) is 17.6 Å². The number of carbonyl (C=O) groups is 1. The highest BCUT2D eigenvalue weighted by Gasteiger charge is 2.13. The highest BCUT2D eigenvalue weighted by atomic mass is 16.5. The molecule has 1 amide bonds. The van der Waals surface area contributed by atoms with Crippen molar-refractivity contribution in [2.24, 2.45) is 0 Å². The summed E-state index contributed by atoms with van der Waals surface area (Å²) >= 11 is 0. The van der Waals surface area contributed by atoms with E-state index in [1.54, 1.807) is 26.4 Å². The van der Waals surface area contributed by atoms with Crippen LogP contribution in [0.4, 0.5) is 0 Å². The molecule has 166 valence electrons. The zero-order valence-electron chi connectivity index (χ0n) is 18.2. The summed E-state index contributed by atoms with van der Waals surface area (Å²) < 4.78 is 18.1. The van der Waals surface area contributed by atoms with Gasteiger partial charge >= 0.3 is 0 Å². The Morgan fingerprint density at radius 1 is 1.09 bits per heavy atom. The first-order chi connectivity index (χ1) is 15.7. The molecule has 0 atom stereocenters. The Morgan fingerprint density at radius 2 is 1.94 bits per heavy atom. The van der Waals surface area contributed by atoms with Crippen LogP contribution in [0.3, 0.4) is 0 Å². The molecule has 0 saturated heterocycles. The van der Waals surface area contributed by atoms with Crippen molar-refractivity contribution in [3.05, 3.63) is 60.6 Å². The van der Waals surface area contributed by atoms with Crippen molar-refractivity contribution in [2.45, 2.75) is 25.8 Å². The SMILES string of the molecule is COc1ccc(-c2noc(CCC(=O)NCCCn3ccc4ccccc43)n2)cc1OC. The fourth-order valence-corrected chi connectivity index (χ4v) is 3.57. The van der Waals surface area contributed by atoms with Crippen LogP contribution in [0.5, 0.6) is 11.5 Å². The monoisotopic (exact) mass is 434 g/mol. The molecule has 8 nitrogen and oxygen atoms in total. The van der Waals surface area contributed by atoms with E-state index in [0.717, 1.165) is 18.5 Å². The summed E-state index contributed by atoms with van der Waals surface area (Å²) in [5.74, 6) is 2.04. The summed E-state index contributed by atoms with van der Waals surface area (Å²) in [6.45, 7) is 1.47. The van der Waals surface area contributed by atoms with Crippen molar-refractivity contribution in [1.82, 2.24) is 20.0 Å². The Hall–Kier alpha value is -3.81. The number of para-hydroxylation sites is 1. The third-order valence-corrected chi connectivity index (χ3v) is 5.25. The van der Waals surface area contributed by atoms with Crippen molar-refractivity contribution in [2.75, 3.05) is 20.8 Å². The molecule has 8 heteroatoms. The minimum atomic E-state index is -0.0340. The maximum absolute atomic E-state index is 12.2. The number of ether oxygens (including phenoxy) is 2. The summed E-state index contributed by atoms with van der Waals surface area (Å²) in [4.78, 5) is 16.6. The first kappa shape index (κ1) is 21.4. The van der Waals surface area contributed by atoms with Crippen LogP contribution >= 0.6 is 0 Å². The van der Waals surface area contributed by atoms with Crippen LogP contribution in [0.2, 0.25) is 0 Å². The molecule has 0 aliphatic rings.